The molecule has 0 heterocycles. The third-order valence-corrected chi connectivity index (χ3v) is 2.63. The monoisotopic (exact) mass is 212 g/mol. The lowest BCUT2D eigenvalue weighted by atomic mass is 9.92. The molecule has 0 aromatic rings. The van der Waals surface area contributed by atoms with Crippen LogP contribution in [0.25, 0.3) is 0 Å². The van der Waals surface area contributed by atoms with Crippen LogP contribution >= 0.6 is 0 Å². The summed E-state index contributed by atoms with van der Waals surface area (Å²) in [6, 6.07) is 0. The maximum Gasteiger partial charge on any atom is 0.330 e. The Labute approximate surface area is 93.7 Å². The molecule has 0 aliphatic rings. The fourth-order valence-corrected chi connectivity index (χ4v) is 1.61. The molecule has 0 bridgehead atoms. The lowest BCUT2D eigenvalue weighted by Crippen LogP contribution is -2.31. The van der Waals surface area contributed by atoms with Crippen molar-refractivity contribution in [3.8, 4) is 0 Å². The van der Waals surface area contributed by atoms with Gasteiger partial charge in [0, 0.05) is 6.08 Å². The normalized spacial score (nSPS) is 11.1. The summed E-state index contributed by atoms with van der Waals surface area (Å²) in [6.07, 6.45) is 7.61. The molecular weight excluding hydrogens is 188 g/mol. The first kappa shape index (κ1) is 14.2. The highest BCUT2D eigenvalue weighted by Crippen LogP contribution is 2.25. The van der Waals surface area contributed by atoms with E-state index in [9.17, 15) is 4.79 Å². The van der Waals surface area contributed by atoms with Gasteiger partial charge in [0.25, 0.3) is 0 Å². The fourth-order valence-electron chi connectivity index (χ4n) is 1.61. The van der Waals surface area contributed by atoms with Gasteiger partial charge in [0.1, 0.15) is 5.60 Å². The Balaban J connectivity index is 4.24. The van der Waals surface area contributed by atoms with Crippen LogP contribution in [0.1, 0.15) is 59.3 Å². The number of unbranched alkanes of at least 4 members (excludes halogenated alkanes) is 2. The maximum atomic E-state index is 11.2. The zero-order valence-corrected chi connectivity index (χ0v) is 10.3. The van der Waals surface area contributed by atoms with Gasteiger partial charge in [-0.3, -0.25) is 0 Å². The number of ether oxygens (including phenoxy) is 1. The molecule has 88 valence electrons. The van der Waals surface area contributed by atoms with Crippen LogP contribution < -0.4 is 0 Å². The molecule has 0 N–H and O–H groups in total. The van der Waals surface area contributed by atoms with Gasteiger partial charge in [-0.1, -0.05) is 33.3 Å². The van der Waals surface area contributed by atoms with Gasteiger partial charge in [0.15, 0.2) is 0 Å². The van der Waals surface area contributed by atoms with Crippen molar-refractivity contribution in [2.45, 2.75) is 64.9 Å². The van der Waals surface area contributed by atoms with Gasteiger partial charge in [-0.05, 0) is 32.6 Å². The van der Waals surface area contributed by atoms with E-state index in [0.717, 1.165) is 38.5 Å². The van der Waals surface area contributed by atoms with Gasteiger partial charge in [0.2, 0.25) is 0 Å². The topological polar surface area (TPSA) is 26.3 Å². The number of hydrogen-bond acceptors (Lipinski definition) is 2. The first-order valence-electron chi connectivity index (χ1n) is 5.93. The van der Waals surface area contributed by atoms with E-state index in [2.05, 4.69) is 20.4 Å². The third-order valence-electron chi connectivity index (χ3n) is 2.63. The molecule has 15 heavy (non-hydrogen) atoms. The molecule has 0 spiro atoms. The molecule has 0 aromatic heterocycles. The first-order valence-corrected chi connectivity index (χ1v) is 5.93. The van der Waals surface area contributed by atoms with Crippen LogP contribution in [0.5, 0.6) is 0 Å². The average Bonchev–Trinajstić information content (AvgIpc) is 2.23. The molecular formula is C13H24O2. The molecule has 2 nitrogen and oxygen atoms in total. The van der Waals surface area contributed by atoms with Crippen LogP contribution in [0.4, 0.5) is 0 Å². The molecule has 0 amide bonds. The number of esters is 1. The van der Waals surface area contributed by atoms with E-state index in [4.69, 9.17) is 4.74 Å². The Morgan fingerprint density at radius 2 is 1.73 bits per heavy atom. The second-order valence-corrected chi connectivity index (χ2v) is 4.28. The summed E-state index contributed by atoms with van der Waals surface area (Å²) in [7, 11) is 0. The lowest BCUT2D eigenvalue weighted by molar-refractivity contribution is -0.153. The number of carbonyl (C=O) groups is 1. The number of carbonyl (C=O) groups excluding carboxylic acids is 1. The number of rotatable bonds is 8. The van der Waals surface area contributed by atoms with Crippen molar-refractivity contribution in [2.24, 2.45) is 0 Å². The lowest BCUT2D eigenvalue weighted by Gasteiger charge is -2.29. The van der Waals surface area contributed by atoms with Crippen molar-refractivity contribution < 1.29 is 9.53 Å². The Bertz CT molecular complexity index is 189. The molecule has 0 saturated heterocycles. The third kappa shape index (κ3) is 6.32. The smallest absolute Gasteiger partial charge is 0.330 e. The molecule has 0 aliphatic heterocycles. The molecule has 0 aromatic carbocycles. The van der Waals surface area contributed by atoms with Crippen molar-refractivity contribution in [2.75, 3.05) is 0 Å². The summed E-state index contributed by atoms with van der Waals surface area (Å²) in [5.74, 6) is -0.301. The molecule has 0 radical (unpaired) electrons. The Morgan fingerprint density at radius 1 is 1.27 bits per heavy atom. The highest BCUT2D eigenvalue weighted by atomic mass is 16.6. The molecule has 0 unspecified atom stereocenters. The highest BCUT2D eigenvalue weighted by molar-refractivity contribution is 5.81. The first-order chi connectivity index (χ1) is 7.08. The second-order valence-electron chi connectivity index (χ2n) is 4.28. The summed E-state index contributed by atoms with van der Waals surface area (Å²) in [5.41, 5.74) is -0.294. The largest absolute Gasteiger partial charge is 0.456 e. The van der Waals surface area contributed by atoms with Crippen molar-refractivity contribution in [1.82, 2.24) is 0 Å². The minimum absolute atomic E-state index is 0.294. The minimum Gasteiger partial charge on any atom is -0.456 e. The van der Waals surface area contributed by atoms with Gasteiger partial charge < -0.3 is 4.74 Å². The molecule has 0 atom stereocenters. The van der Waals surface area contributed by atoms with Crippen LogP contribution in [0.2, 0.25) is 0 Å². The van der Waals surface area contributed by atoms with E-state index in [1.54, 1.807) is 0 Å². The molecule has 0 saturated carbocycles. The highest BCUT2D eigenvalue weighted by Gasteiger charge is 2.26. The standard InChI is InChI=1S/C13H24O2/c1-5-8-10-13(4,11-9-6-2)15-12(14)7-3/h7H,3,5-6,8-11H2,1-2,4H3. The van der Waals surface area contributed by atoms with Crippen LogP contribution in [-0.2, 0) is 9.53 Å². The zero-order chi connectivity index (χ0) is 11.7. The Kier molecular flexibility index (Phi) is 7.10. The van der Waals surface area contributed by atoms with E-state index < -0.39 is 0 Å². The summed E-state index contributed by atoms with van der Waals surface area (Å²) in [4.78, 5) is 11.2. The molecule has 2 heteroatoms. The predicted octanol–water partition coefficient (Wildman–Crippen LogP) is 3.85. The number of hydrogen-bond donors (Lipinski definition) is 0. The van der Waals surface area contributed by atoms with E-state index in [-0.39, 0.29) is 11.6 Å². The minimum atomic E-state index is -0.301. The van der Waals surface area contributed by atoms with E-state index >= 15 is 0 Å². The van der Waals surface area contributed by atoms with Gasteiger partial charge in [-0.15, -0.1) is 0 Å². The van der Waals surface area contributed by atoms with Crippen molar-refractivity contribution >= 4 is 5.97 Å². The van der Waals surface area contributed by atoms with E-state index in [1.807, 2.05) is 6.92 Å². The maximum absolute atomic E-state index is 11.2. The van der Waals surface area contributed by atoms with Crippen molar-refractivity contribution in [1.29, 1.82) is 0 Å². The van der Waals surface area contributed by atoms with Gasteiger partial charge in [0.05, 0.1) is 0 Å². The summed E-state index contributed by atoms with van der Waals surface area (Å²) in [6.45, 7) is 9.76. The molecule has 0 aliphatic carbocycles. The zero-order valence-electron chi connectivity index (χ0n) is 10.3. The summed E-state index contributed by atoms with van der Waals surface area (Å²) >= 11 is 0. The van der Waals surface area contributed by atoms with E-state index in [1.165, 1.54) is 6.08 Å². The summed E-state index contributed by atoms with van der Waals surface area (Å²) in [5, 5.41) is 0. The van der Waals surface area contributed by atoms with Gasteiger partial charge >= 0.3 is 5.97 Å². The Hall–Kier alpha value is -0.790. The quantitative estimate of drug-likeness (QED) is 0.451. The fraction of sp³-hybridized carbons (Fsp3) is 0.769. The van der Waals surface area contributed by atoms with Crippen molar-refractivity contribution in [3.05, 3.63) is 12.7 Å². The SMILES string of the molecule is C=CC(=O)OC(C)(CCCC)CCCC. The van der Waals surface area contributed by atoms with Gasteiger partial charge in [-0.2, -0.15) is 0 Å². The molecule has 0 fully saturated rings. The van der Waals surface area contributed by atoms with Crippen LogP contribution in [0.3, 0.4) is 0 Å². The Morgan fingerprint density at radius 3 is 2.07 bits per heavy atom. The predicted molar refractivity (Wildman–Crippen MR) is 63.7 cm³/mol. The average molecular weight is 212 g/mol. The summed E-state index contributed by atoms with van der Waals surface area (Å²) < 4.78 is 5.43. The van der Waals surface area contributed by atoms with E-state index in [0.29, 0.717) is 0 Å². The van der Waals surface area contributed by atoms with Crippen LogP contribution in [0, 0.1) is 0 Å². The molecule has 0 rings (SSSR count). The van der Waals surface area contributed by atoms with Crippen LogP contribution in [-0.4, -0.2) is 11.6 Å². The van der Waals surface area contributed by atoms with Crippen molar-refractivity contribution in [3.63, 3.8) is 0 Å². The van der Waals surface area contributed by atoms with Crippen LogP contribution in [0.15, 0.2) is 12.7 Å². The second kappa shape index (κ2) is 7.49. The van der Waals surface area contributed by atoms with Gasteiger partial charge in [-0.25, -0.2) is 4.79 Å².